The summed E-state index contributed by atoms with van der Waals surface area (Å²) >= 11 is 0. The molecule has 110 valence electrons. The first-order valence-corrected chi connectivity index (χ1v) is 6.28. The Balaban J connectivity index is 0.00000200. The maximum Gasteiger partial charge on any atom is 0.307 e. The van der Waals surface area contributed by atoms with Crippen molar-refractivity contribution in [1.29, 1.82) is 0 Å². The first kappa shape index (κ1) is 16.4. The second kappa shape index (κ2) is 7.21. The number of rotatable bonds is 4. The quantitative estimate of drug-likeness (QED) is 0.523. The van der Waals surface area contributed by atoms with Crippen molar-refractivity contribution in [3.05, 3.63) is 39.4 Å². The van der Waals surface area contributed by atoms with E-state index in [4.69, 9.17) is 4.74 Å². The number of ether oxygens (including phenoxy) is 1. The van der Waals surface area contributed by atoms with Gasteiger partial charge in [0.25, 0.3) is 5.69 Å². The second-order valence-corrected chi connectivity index (χ2v) is 4.41. The van der Waals surface area contributed by atoms with Gasteiger partial charge in [-0.05, 0) is 31.0 Å². The molecule has 1 aliphatic rings. The van der Waals surface area contributed by atoms with E-state index < -0.39 is 4.92 Å². The molecular weight excluding hydrogens is 284 g/mol. The predicted octanol–water partition coefficient (Wildman–Crippen LogP) is 2.16. The molecule has 1 aromatic carbocycles. The van der Waals surface area contributed by atoms with Crippen molar-refractivity contribution in [1.82, 2.24) is 5.32 Å². The van der Waals surface area contributed by atoms with Gasteiger partial charge in [-0.3, -0.25) is 14.9 Å². The summed E-state index contributed by atoms with van der Waals surface area (Å²) in [6.07, 6.45) is 1.01. The minimum atomic E-state index is -0.420. The van der Waals surface area contributed by atoms with Crippen LogP contribution in [-0.4, -0.2) is 24.0 Å². The van der Waals surface area contributed by atoms with E-state index in [9.17, 15) is 14.9 Å². The lowest BCUT2D eigenvalue weighted by molar-refractivity contribution is -0.385. The minimum absolute atomic E-state index is 0. The molecule has 0 aromatic heterocycles. The Morgan fingerprint density at radius 1 is 1.55 bits per heavy atom. The highest BCUT2D eigenvalue weighted by Gasteiger charge is 2.24. The molecule has 20 heavy (non-hydrogen) atoms. The van der Waals surface area contributed by atoms with Gasteiger partial charge in [0, 0.05) is 18.2 Å². The van der Waals surface area contributed by atoms with Gasteiger partial charge in [0.05, 0.1) is 18.0 Å². The molecule has 0 saturated heterocycles. The number of hydrogen-bond acceptors (Lipinski definition) is 5. The van der Waals surface area contributed by atoms with E-state index >= 15 is 0 Å². The summed E-state index contributed by atoms with van der Waals surface area (Å²) in [7, 11) is 0. The number of halogens is 1. The molecule has 0 radical (unpaired) electrons. The molecule has 1 aromatic rings. The van der Waals surface area contributed by atoms with Crippen LogP contribution in [0.2, 0.25) is 0 Å². The SMILES string of the molecule is CCOC(=O)CC1NCCc2ccc([N+](=O)[O-])cc21.Cl. The maximum absolute atomic E-state index is 11.5. The van der Waals surface area contributed by atoms with Gasteiger partial charge >= 0.3 is 5.97 Å². The molecule has 1 atom stereocenters. The number of esters is 1. The summed E-state index contributed by atoms with van der Waals surface area (Å²) in [5, 5.41) is 14.0. The Kier molecular flexibility index (Phi) is 5.91. The second-order valence-electron chi connectivity index (χ2n) is 4.41. The van der Waals surface area contributed by atoms with Gasteiger partial charge in [0.15, 0.2) is 0 Å². The van der Waals surface area contributed by atoms with E-state index in [2.05, 4.69) is 5.32 Å². The summed E-state index contributed by atoms with van der Waals surface area (Å²) in [4.78, 5) is 21.9. The Morgan fingerprint density at radius 2 is 2.30 bits per heavy atom. The number of fused-ring (bicyclic) bond motifs is 1. The average molecular weight is 301 g/mol. The fourth-order valence-electron chi connectivity index (χ4n) is 2.31. The zero-order chi connectivity index (χ0) is 13.8. The molecule has 0 saturated carbocycles. The van der Waals surface area contributed by atoms with Crippen LogP contribution in [0.25, 0.3) is 0 Å². The summed E-state index contributed by atoms with van der Waals surface area (Å²) in [6, 6.07) is 4.62. The molecular formula is C13H17ClN2O4. The van der Waals surface area contributed by atoms with Crippen LogP contribution in [0.5, 0.6) is 0 Å². The highest BCUT2D eigenvalue weighted by atomic mass is 35.5. The molecule has 2 rings (SSSR count). The summed E-state index contributed by atoms with van der Waals surface area (Å²) < 4.78 is 4.92. The molecule has 6 nitrogen and oxygen atoms in total. The Labute approximate surface area is 123 Å². The number of nitro groups is 1. The summed E-state index contributed by atoms with van der Waals surface area (Å²) in [6.45, 7) is 2.85. The smallest absolute Gasteiger partial charge is 0.307 e. The van der Waals surface area contributed by atoms with Crippen LogP contribution in [0.15, 0.2) is 18.2 Å². The number of nitrogens with zero attached hydrogens (tertiary/aromatic N) is 1. The number of carbonyl (C=O) groups excluding carboxylic acids is 1. The molecule has 0 aliphatic carbocycles. The normalized spacial score (nSPS) is 16.8. The van der Waals surface area contributed by atoms with Crippen molar-refractivity contribution in [3.63, 3.8) is 0 Å². The molecule has 0 bridgehead atoms. The van der Waals surface area contributed by atoms with E-state index in [1.54, 1.807) is 19.1 Å². The average Bonchev–Trinajstić information content (AvgIpc) is 2.38. The van der Waals surface area contributed by atoms with Crippen molar-refractivity contribution in [2.75, 3.05) is 13.2 Å². The van der Waals surface area contributed by atoms with Gasteiger partial charge in [0.1, 0.15) is 0 Å². The van der Waals surface area contributed by atoms with Crippen molar-refractivity contribution in [2.24, 2.45) is 0 Å². The Hall–Kier alpha value is -1.66. The molecule has 0 spiro atoms. The number of carbonyl (C=O) groups is 1. The third-order valence-electron chi connectivity index (χ3n) is 3.18. The summed E-state index contributed by atoms with van der Waals surface area (Å²) in [5.74, 6) is -0.292. The van der Waals surface area contributed by atoms with E-state index in [0.717, 1.165) is 24.1 Å². The fraction of sp³-hybridized carbons (Fsp3) is 0.462. The molecule has 0 fully saturated rings. The highest BCUT2D eigenvalue weighted by Crippen LogP contribution is 2.29. The lowest BCUT2D eigenvalue weighted by atomic mass is 9.92. The van der Waals surface area contributed by atoms with Crippen molar-refractivity contribution in [3.8, 4) is 0 Å². The fourth-order valence-corrected chi connectivity index (χ4v) is 2.31. The zero-order valence-electron chi connectivity index (χ0n) is 11.1. The molecule has 1 heterocycles. The standard InChI is InChI=1S/C13H16N2O4.ClH/c1-2-19-13(16)8-12-11-7-10(15(17)18)4-3-9(11)5-6-14-12;/h3-4,7,12,14H,2,5-6,8H2,1H3;1H. The highest BCUT2D eigenvalue weighted by molar-refractivity contribution is 5.85. The maximum atomic E-state index is 11.5. The van der Waals surface area contributed by atoms with Gasteiger partial charge in [-0.1, -0.05) is 6.07 Å². The third kappa shape index (κ3) is 3.68. The predicted molar refractivity (Wildman–Crippen MR) is 76.0 cm³/mol. The van der Waals surface area contributed by atoms with Gasteiger partial charge in [0.2, 0.25) is 0 Å². The molecule has 7 heteroatoms. The van der Waals surface area contributed by atoms with Gasteiger partial charge in [-0.25, -0.2) is 0 Å². The van der Waals surface area contributed by atoms with Crippen LogP contribution in [-0.2, 0) is 16.0 Å². The van der Waals surface area contributed by atoms with Crippen LogP contribution >= 0.6 is 12.4 Å². The summed E-state index contributed by atoms with van der Waals surface area (Å²) in [5.41, 5.74) is 1.93. The van der Waals surface area contributed by atoms with E-state index in [1.807, 2.05) is 0 Å². The number of nitrogens with one attached hydrogen (secondary N) is 1. The van der Waals surface area contributed by atoms with E-state index in [0.29, 0.717) is 6.61 Å². The van der Waals surface area contributed by atoms with Crippen LogP contribution in [0, 0.1) is 10.1 Å². The van der Waals surface area contributed by atoms with Gasteiger partial charge < -0.3 is 10.1 Å². The van der Waals surface area contributed by atoms with E-state index in [-0.39, 0.29) is 36.5 Å². The van der Waals surface area contributed by atoms with Crippen molar-refractivity contribution < 1.29 is 14.5 Å². The Morgan fingerprint density at radius 3 is 2.95 bits per heavy atom. The monoisotopic (exact) mass is 300 g/mol. The van der Waals surface area contributed by atoms with Crippen LogP contribution < -0.4 is 5.32 Å². The number of hydrogen-bond donors (Lipinski definition) is 1. The first-order valence-electron chi connectivity index (χ1n) is 6.28. The zero-order valence-corrected chi connectivity index (χ0v) is 11.9. The first-order chi connectivity index (χ1) is 9.11. The van der Waals surface area contributed by atoms with Gasteiger partial charge in [-0.2, -0.15) is 0 Å². The van der Waals surface area contributed by atoms with Gasteiger partial charge in [-0.15, -0.1) is 12.4 Å². The number of benzene rings is 1. The van der Waals surface area contributed by atoms with Crippen molar-refractivity contribution in [2.45, 2.75) is 25.8 Å². The topological polar surface area (TPSA) is 81.5 Å². The van der Waals surface area contributed by atoms with Crippen LogP contribution in [0.4, 0.5) is 5.69 Å². The molecule has 0 amide bonds. The molecule has 1 unspecified atom stereocenters. The third-order valence-corrected chi connectivity index (χ3v) is 3.18. The lowest BCUT2D eigenvalue weighted by Gasteiger charge is -2.26. The largest absolute Gasteiger partial charge is 0.466 e. The number of nitro benzene ring substituents is 1. The van der Waals surface area contributed by atoms with E-state index in [1.165, 1.54) is 6.07 Å². The molecule has 1 aliphatic heterocycles. The van der Waals surface area contributed by atoms with Crippen LogP contribution in [0.1, 0.15) is 30.5 Å². The van der Waals surface area contributed by atoms with Crippen molar-refractivity contribution >= 4 is 24.1 Å². The minimum Gasteiger partial charge on any atom is -0.466 e. The lowest BCUT2D eigenvalue weighted by Crippen LogP contribution is -2.31. The number of non-ortho nitro benzene ring substituents is 1. The van der Waals surface area contributed by atoms with Crippen LogP contribution in [0.3, 0.4) is 0 Å². The molecule has 1 N–H and O–H groups in total. The Bertz CT molecular complexity index is 507.